The number of ketones is 3. The predicted octanol–water partition coefficient (Wildman–Crippen LogP) is -2.69. The minimum Gasteiger partial charge on any atom is -0.550 e. The van der Waals surface area contributed by atoms with Crippen molar-refractivity contribution in [1.29, 1.82) is 0 Å². The monoisotopic (exact) mass is 481 g/mol. The number of Topliss-reactive ketones (excluding diaryl/α,β-unsaturated/α-hetero) is 3. The zero-order chi connectivity index (χ0) is 22.4. The summed E-state index contributed by atoms with van der Waals surface area (Å²) in [5.41, 5.74) is 0. The molecule has 0 fully saturated rings. The van der Waals surface area contributed by atoms with Crippen LogP contribution in [-0.2, 0) is 55.0 Å². The van der Waals surface area contributed by atoms with Gasteiger partial charge in [-0.3, -0.25) is 14.4 Å². The van der Waals surface area contributed by atoms with Crippen molar-refractivity contribution < 1.29 is 75.4 Å². The number of carbonyl (C=O) groups excluding carboxylic acids is 6. The first-order chi connectivity index (χ1) is 12.4. The molecule has 1 N–H and O–H groups in total. The van der Waals surface area contributed by atoms with E-state index in [4.69, 9.17) is 5.11 Å². The molecule has 0 aliphatic rings. The summed E-state index contributed by atoms with van der Waals surface area (Å²) < 4.78 is 0. The van der Waals surface area contributed by atoms with E-state index in [2.05, 4.69) is 0 Å². The summed E-state index contributed by atoms with van der Waals surface area (Å²) in [5.74, 6) is -4.74. The molecule has 11 heteroatoms. The SMILES string of the molecule is CCC(=O)CC(=O)[O-].CCC(=O)CC(=O)[O-].CCC(=O)CC(=O)[O-].CCO.[Zr+3]. The summed E-state index contributed by atoms with van der Waals surface area (Å²) in [6, 6.07) is 0. The van der Waals surface area contributed by atoms with Crippen molar-refractivity contribution in [3.63, 3.8) is 0 Å². The van der Waals surface area contributed by atoms with E-state index in [-0.39, 0.29) is 69.4 Å². The Balaban J connectivity index is -0.0000000866. The van der Waals surface area contributed by atoms with Crippen LogP contribution in [0.2, 0.25) is 0 Å². The number of carboxylic acids is 3. The van der Waals surface area contributed by atoms with E-state index in [9.17, 15) is 44.1 Å². The molecular weight excluding hydrogens is 455 g/mol. The maximum absolute atomic E-state index is 10.2. The maximum Gasteiger partial charge on any atom is 3.00 e. The van der Waals surface area contributed by atoms with Gasteiger partial charge in [0.05, 0.1) is 0 Å². The second kappa shape index (κ2) is 27.5. The molecule has 0 atom stereocenters. The van der Waals surface area contributed by atoms with Gasteiger partial charge in [-0.25, -0.2) is 0 Å². The molecule has 0 heterocycles. The molecule has 0 bridgehead atoms. The smallest absolute Gasteiger partial charge is 0.550 e. The molecule has 0 aromatic carbocycles. The van der Waals surface area contributed by atoms with Crippen LogP contribution in [0, 0.1) is 0 Å². The van der Waals surface area contributed by atoms with Crippen LogP contribution in [-0.4, -0.2) is 47.0 Å². The van der Waals surface area contributed by atoms with Crippen LogP contribution in [0.1, 0.15) is 66.2 Å². The summed E-state index contributed by atoms with van der Waals surface area (Å²) >= 11 is 0. The Morgan fingerprint density at radius 1 is 0.571 bits per heavy atom. The third-order valence-corrected chi connectivity index (χ3v) is 2.21. The van der Waals surface area contributed by atoms with Gasteiger partial charge in [-0.15, -0.1) is 0 Å². The Morgan fingerprint density at radius 2 is 0.714 bits per heavy atom. The van der Waals surface area contributed by atoms with Gasteiger partial charge in [-0.05, 0) is 6.92 Å². The predicted molar refractivity (Wildman–Crippen MR) is 87.5 cm³/mol. The minimum atomic E-state index is -1.29. The van der Waals surface area contributed by atoms with Crippen molar-refractivity contribution in [3.8, 4) is 0 Å². The fourth-order valence-corrected chi connectivity index (χ4v) is 0.858. The van der Waals surface area contributed by atoms with Gasteiger partial charge in [0.25, 0.3) is 0 Å². The standard InChI is InChI=1S/3C5H8O3.C2H6O.Zr/c3*1-2-4(6)3-5(7)8;1-2-3;/h3*2-3H2,1H3,(H,7,8);3H,2H2,1H3;/q;;;;+3/p-3. The number of hydrogen-bond donors (Lipinski definition) is 1. The van der Waals surface area contributed by atoms with Crippen molar-refractivity contribution in [1.82, 2.24) is 0 Å². The van der Waals surface area contributed by atoms with E-state index in [0.29, 0.717) is 0 Å². The largest absolute Gasteiger partial charge is 3.00 e. The quantitative estimate of drug-likeness (QED) is 0.338. The molecule has 0 aromatic heterocycles. The number of hydrogen-bond acceptors (Lipinski definition) is 10. The summed E-state index contributed by atoms with van der Waals surface area (Å²) in [6.07, 6.45) is -0.528. The fraction of sp³-hybridized carbons (Fsp3) is 0.647. The first-order valence-corrected chi connectivity index (χ1v) is 8.16. The topological polar surface area (TPSA) is 192 Å². The molecule has 0 amide bonds. The van der Waals surface area contributed by atoms with Crippen molar-refractivity contribution in [3.05, 3.63) is 0 Å². The van der Waals surface area contributed by atoms with E-state index in [0.717, 1.165) is 0 Å². The molecule has 0 aliphatic carbocycles. The number of rotatable bonds is 9. The maximum atomic E-state index is 10.2. The van der Waals surface area contributed by atoms with Crippen LogP contribution < -0.4 is 15.3 Å². The molecule has 10 nitrogen and oxygen atoms in total. The van der Waals surface area contributed by atoms with Crippen molar-refractivity contribution in [2.24, 2.45) is 0 Å². The average molecular weight is 483 g/mol. The molecule has 0 unspecified atom stereocenters. The third kappa shape index (κ3) is 49.6. The number of aliphatic carboxylic acids is 3. The number of aliphatic hydroxyl groups excluding tert-OH is 1. The zero-order valence-electron chi connectivity index (χ0n) is 16.6. The van der Waals surface area contributed by atoms with Gasteiger partial charge in [0.15, 0.2) is 0 Å². The zero-order valence-corrected chi connectivity index (χ0v) is 19.0. The Morgan fingerprint density at radius 3 is 0.750 bits per heavy atom. The van der Waals surface area contributed by atoms with Gasteiger partial charge in [-0.2, -0.15) is 0 Å². The molecular formula is C17H27O10Zr. The number of carboxylic acid groups (broad SMARTS) is 3. The summed E-state index contributed by atoms with van der Waals surface area (Å²) in [6.45, 7) is 6.78. The van der Waals surface area contributed by atoms with E-state index in [1.54, 1.807) is 27.7 Å². The van der Waals surface area contributed by atoms with Crippen LogP contribution in [0.15, 0.2) is 0 Å². The molecule has 0 saturated carbocycles. The molecule has 28 heavy (non-hydrogen) atoms. The Kier molecular flexibility index (Phi) is 36.4. The second-order valence-electron chi connectivity index (χ2n) is 4.64. The van der Waals surface area contributed by atoms with Gasteiger partial charge >= 0.3 is 26.2 Å². The van der Waals surface area contributed by atoms with E-state index in [1.807, 2.05) is 0 Å². The van der Waals surface area contributed by atoms with Crippen LogP contribution in [0.4, 0.5) is 0 Å². The van der Waals surface area contributed by atoms with E-state index < -0.39 is 37.2 Å². The van der Waals surface area contributed by atoms with Gasteiger partial charge in [0.2, 0.25) is 0 Å². The molecule has 159 valence electrons. The molecule has 1 radical (unpaired) electrons. The van der Waals surface area contributed by atoms with Gasteiger partial charge in [-0.1, -0.05) is 20.8 Å². The molecule has 0 saturated heterocycles. The van der Waals surface area contributed by atoms with Gasteiger partial charge in [0.1, 0.15) is 17.3 Å². The Labute approximate surface area is 183 Å². The van der Waals surface area contributed by atoms with Crippen molar-refractivity contribution >= 4 is 35.3 Å². The van der Waals surface area contributed by atoms with E-state index >= 15 is 0 Å². The fourth-order valence-electron chi connectivity index (χ4n) is 0.858. The van der Waals surface area contributed by atoms with Crippen LogP contribution in [0.25, 0.3) is 0 Å². The second-order valence-corrected chi connectivity index (χ2v) is 4.64. The Hall–Kier alpha value is -1.74. The van der Waals surface area contributed by atoms with E-state index in [1.165, 1.54) is 0 Å². The first-order valence-electron chi connectivity index (χ1n) is 8.16. The van der Waals surface area contributed by atoms with Crippen molar-refractivity contribution in [2.75, 3.05) is 6.61 Å². The average Bonchev–Trinajstić information content (AvgIpc) is 2.54. The molecule has 0 spiro atoms. The van der Waals surface area contributed by atoms with Crippen LogP contribution in [0.3, 0.4) is 0 Å². The van der Waals surface area contributed by atoms with Gasteiger partial charge in [0, 0.05) is 63.0 Å². The summed E-state index contributed by atoms with van der Waals surface area (Å²) in [4.78, 5) is 59.5. The summed E-state index contributed by atoms with van der Waals surface area (Å²) in [5, 5.41) is 36.5. The minimum absolute atomic E-state index is 0. The molecule has 0 rings (SSSR count). The normalized spacial score (nSPS) is 8.04. The van der Waals surface area contributed by atoms with Crippen LogP contribution >= 0.6 is 0 Å². The summed E-state index contributed by atoms with van der Waals surface area (Å²) in [7, 11) is 0. The first kappa shape index (κ1) is 37.1. The van der Waals surface area contributed by atoms with Crippen LogP contribution in [0.5, 0.6) is 0 Å². The Bertz CT molecular complexity index is 408. The molecule has 0 aliphatic heterocycles. The third-order valence-electron chi connectivity index (χ3n) is 2.21. The molecule has 0 aromatic rings. The van der Waals surface area contributed by atoms with Crippen molar-refractivity contribution in [2.45, 2.75) is 66.2 Å². The number of aliphatic hydroxyl groups is 1. The van der Waals surface area contributed by atoms with Gasteiger partial charge < -0.3 is 34.8 Å². The number of carbonyl (C=O) groups is 6.